The maximum atomic E-state index is 5.72. The summed E-state index contributed by atoms with van der Waals surface area (Å²) in [5.74, 6) is 0. The highest BCUT2D eigenvalue weighted by Gasteiger charge is 2.40. The van der Waals surface area contributed by atoms with Crippen LogP contribution in [0.15, 0.2) is 12.3 Å². The van der Waals surface area contributed by atoms with E-state index in [0.717, 1.165) is 13.0 Å². The van der Waals surface area contributed by atoms with E-state index in [-0.39, 0.29) is 0 Å². The second-order valence-electron chi connectivity index (χ2n) is 4.15. The molecule has 0 atom stereocenters. The van der Waals surface area contributed by atoms with Crippen LogP contribution < -0.4 is 5.73 Å². The zero-order valence-corrected chi connectivity index (χ0v) is 8.16. The summed E-state index contributed by atoms with van der Waals surface area (Å²) in [7, 11) is 2.00. The maximum absolute atomic E-state index is 5.72. The molecule has 0 bridgehead atoms. The highest BCUT2D eigenvalue weighted by atomic mass is 15.2. The van der Waals surface area contributed by atoms with Gasteiger partial charge in [0.2, 0.25) is 0 Å². The van der Waals surface area contributed by atoms with Gasteiger partial charge in [0.1, 0.15) is 0 Å². The Bertz CT molecular complexity index is 286. The van der Waals surface area contributed by atoms with Crippen LogP contribution in [0.25, 0.3) is 0 Å². The van der Waals surface area contributed by atoms with Crippen LogP contribution >= 0.6 is 0 Å². The van der Waals surface area contributed by atoms with Gasteiger partial charge < -0.3 is 5.73 Å². The second-order valence-corrected chi connectivity index (χ2v) is 4.15. The molecule has 3 nitrogen and oxygen atoms in total. The van der Waals surface area contributed by atoms with E-state index in [0.29, 0.717) is 5.41 Å². The minimum atomic E-state index is 0.490. The smallest absolute Gasteiger partial charge is 0.0492 e. The van der Waals surface area contributed by atoms with Crippen molar-refractivity contribution in [3.63, 3.8) is 0 Å². The summed E-state index contributed by atoms with van der Waals surface area (Å²) in [5, 5.41) is 4.15. The molecule has 0 spiro atoms. The second kappa shape index (κ2) is 3.14. The Kier molecular flexibility index (Phi) is 2.12. The van der Waals surface area contributed by atoms with E-state index in [1.165, 1.54) is 25.0 Å². The van der Waals surface area contributed by atoms with Gasteiger partial charge in [0.15, 0.2) is 0 Å². The third-order valence-electron chi connectivity index (χ3n) is 3.22. The molecule has 0 amide bonds. The molecule has 1 aliphatic rings. The van der Waals surface area contributed by atoms with Crippen molar-refractivity contribution in [2.24, 2.45) is 18.2 Å². The Morgan fingerprint density at radius 3 is 2.85 bits per heavy atom. The van der Waals surface area contributed by atoms with Crippen LogP contribution in [0, 0.1) is 5.41 Å². The molecule has 1 heterocycles. The molecule has 1 saturated carbocycles. The molecule has 0 aromatic carbocycles. The highest BCUT2D eigenvalue weighted by molar-refractivity contribution is 5.03. The largest absolute Gasteiger partial charge is 0.330 e. The van der Waals surface area contributed by atoms with Crippen LogP contribution in [-0.4, -0.2) is 16.3 Å². The number of nitrogens with zero attached hydrogens (tertiary/aromatic N) is 2. The Balaban J connectivity index is 1.90. The van der Waals surface area contributed by atoms with Crippen molar-refractivity contribution in [1.29, 1.82) is 0 Å². The first-order valence-corrected chi connectivity index (χ1v) is 4.93. The van der Waals surface area contributed by atoms with Gasteiger partial charge in [0.05, 0.1) is 0 Å². The van der Waals surface area contributed by atoms with Gasteiger partial charge in [-0.1, -0.05) is 0 Å². The van der Waals surface area contributed by atoms with E-state index >= 15 is 0 Å². The first kappa shape index (κ1) is 8.75. The summed E-state index contributed by atoms with van der Waals surface area (Å²) in [6.07, 6.45) is 6.84. The predicted molar refractivity (Wildman–Crippen MR) is 52.3 cm³/mol. The van der Waals surface area contributed by atoms with Gasteiger partial charge in [-0.2, -0.15) is 5.10 Å². The van der Waals surface area contributed by atoms with E-state index in [4.69, 9.17) is 5.73 Å². The number of hydrogen-bond acceptors (Lipinski definition) is 2. The van der Waals surface area contributed by atoms with Crippen molar-refractivity contribution in [2.75, 3.05) is 6.54 Å². The topological polar surface area (TPSA) is 43.8 Å². The Labute approximate surface area is 78.9 Å². The summed E-state index contributed by atoms with van der Waals surface area (Å²) < 4.78 is 1.95. The van der Waals surface area contributed by atoms with Crippen LogP contribution in [0.5, 0.6) is 0 Å². The number of aromatic nitrogens is 2. The molecule has 0 radical (unpaired) electrons. The lowest BCUT2D eigenvalue weighted by molar-refractivity contribution is 0.470. The SMILES string of the molecule is Cn1nccc1CCC1(CN)CC1. The summed E-state index contributed by atoms with van der Waals surface area (Å²) >= 11 is 0. The number of hydrogen-bond donors (Lipinski definition) is 1. The molecular weight excluding hydrogens is 162 g/mol. The lowest BCUT2D eigenvalue weighted by Gasteiger charge is -2.11. The number of nitrogens with two attached hydrogens (primary N) is 1. The van der Waals surface area contributed by atoms with Crippen molar-refractivity contribution in [3.8, 4) is 0 Å². The summed E-state index contributed by atoms with van der Waals surface area (Å²) in [6, 6.07) is 2.09. The van der Waals surface area contributed by atoms with Gasteiger partial charge in [-0.05, 0) is 43.7 Å². The van der Waals surface area contributed by atoms with Crippen LogP contribution in [0.1, 0.15) is 25.0 Å². The van der Waals surface area contributed by atoms with Gasteiger partial charge >= 0.3 is 0 Å². The number of rotatable bonds is 4. The highest BCUT2D eigenvalue weighted by Crippen LogP contribution is 2.48. The molecule has 1 fully saturated rings. The third-order valence-corrected chi connectivity index (χ3v) is 3.22. The molecule has 0 aliphatic heterocycles. The van der Waals surface area contributed by atoms with Crippen LogP contribution in [0.2, 0.25) is 0 Å². The molecule has 1 aromatic heterocycles. The normalized spacial score (nSPS) is 18.9. The van der Waals surface area contributed by atoms with Gasteiger partial charge in [0.25, 0.3) is 0 Å². The molecule has 72 valence electrons. The summed E-state index contributed by atoms with van der Waals surface area (Å²) in [6.45, 7) is 0.852. The minimum absolute atomic E-state index is 0.490. The van der Waals surface area contributed by atoms with Crippen molar-refractivity contribution in [1.82, 2.24) is 9.78 Å². The molecule has 2 rings (SSSR count). The molecule has 2 N–H and O–H groups in total. The first-order chi connectivity index (χ1) is 6.26. The number of aryl methyl sites for hydroxylation is 2. The zero-order valence-electron chi connectivity index (χ0n) is 8.16. The standard InChI is InChI=1S/C10H17N3/c1-13-9(3-7-12-13)2-4-10(8-11)5-6-10/h3,7H,2,4-6,8,11H2,1H3. The predicted octanol–water partition coefficient (Wildman–Crippen LogP) is 1.09. The van der Waals surface area contributed by atoms with Crippen molar-refractivity contribution in [2.45, 2.75) is 25.7 Å². The van der Waals surface area contributed by atoms with Gasteiger partial charge in [-0.25, -0.2) is 0 Å². The minimum Gasteiger partial charge on any atom is -0.330 e. The molecule has 0 unspecified atom stereocenters. The average Bonchev–Trinajstić information content (AvgIpc) is 2.82. The zero-order chi connectivity index (χ0) is 9.31. The van der Waals surface area contributed by atoms with Gasteiger partial charge in [-0.15, -0.1) is 0 Å². The van der Waals surface area contributed by atoms with Crippen LogP contribution in [0.4, 0.5) is 0 Å². The molecule has 1 aliphatic carbocycles. The van der Waals surface area contributed by atoms with Crippen molar-refractivity contribution >= 4 is 0 Å². The quantitative estimate of drug-likeness (QED) is 0.752. The molecule has 1 aromatic rings. The molecule has 13 heavy (non-hydrogen) atoms. The van der Waals surface area contributed by atoms with Gasteiger partial charge in [0, 0.05) is 18.9 Å². The van der Waals surface area contributed by atoms with E-state index in [9.17, 15) is 0 Å². The monoisotopic (exact) mass is 179 g/mol. The first-order valence-electron chi connectivity index (χ1n) is 4.93. The van der Waals surface area contributed by atoms with Crippen molar-refractivity contribution in [3.05, 3.63) is 18.0 Å². The fourth-order valence-electron chi connectivity index (χ4n) is 1.77. The molecule has 3 heteroatoms. The fraction of sp³-hybridized carbons (Fsp3) is 0.700. The van der Waals surface area contributed by atoms with E-state index in [1.807, 2.05) is 17.9 Å². The van der Waals surface area contributed by atoms with Crippen LogP contribution in [0.3, 0.4) is 0 Å². The van der Waals surface area contributed by atoms with Crippen molar-refractivity contribution < 1.29 is 0 Å². The Hall–Kier alpha value is -0.830. The Morgan fingerprint density at radius 2 is 2.38 bits per heavy atom. The Morgan fingerprint density at radius 1 is 1.62 bits per heavy atom. The third kappa shape index (κ3) is 1.75. The lowest BCUT2D eigenvalue weighted by Crippen LogP contribution is -2.16. The lowest BCUT2D eigenvalue weighted by atomic mass is 9.99. The van der Waals surface area contributed by atoms with E-state index < -0.39 is 0 Å². The van der Waals surface area contributed by atoms with Gasteiger partial charge in [-0.3, -0.25) is 4.68 Å². The van der Waals surface area contributed by atoms with E-state index in [1.54, 1.807) is 0 Å². The van der Waals surface area contributed by atoms with Crippen LogP contribution in [-0.2, 0) is 13.5 Å². The molecule has 0 saturated heterocycles. The fourth-order valence-corrected chi connectivity index (χ4v) is 1.77. The molecular formula is C10H17N3. The maximum Gasteiger partial charge on any atom is 0.0492 e. The van der Waals surface area contributed by atoms with E-state index in [2.05, 4.69) is 11.2 Å². The summed E-state index contributed by atoms with van der Waals surface area (Å²) in [4.78, 5) is 0. The average molecular weight is 179 g/mol. The summed E-state index contributed by atoms with van der Waals surface area (Å²) in [5.41, 5.74) is 7.53.